The summed E-state index contributed by atoms with van der Waals surface area (Å²) in [6.45, 7) is 1.20. The van der Waals surface area contributed by atoms with Gasteiger partial charge in [0, 0.05) is 19.3 Å². The fraction of sp³-hybridized carbons (Fsp3) is 0.222. The van der Waals surface area contributed by atoms with Crippen LogP contribution in [0.2, 0.25) is 0 Å². The Morgan fingerprint density at radius 1 is 0.973 bits per heavy atom. The number of benzene rings is 1. The molecule has 2 N–H and O–H groups in total. The average Bonchev–Trinajstić information content (AvgIpc) is 3.59. The molecule has 0 bridgehead atoms. The number of aliphatic hydroxyl groups is 1. The molecule has 4 aromatic heterocycles. The first kappa shape index (κ1) is 23.0. The van der Waals surface area contributed by atoms with Crippen molar-refractivity contribution in [2.75, 3.05) is 29.9 Å². The van der Waals surface area contributed by atoms with Crippen molar-refractivity contribution < 1.29 is 9.50 Å². The molecule has 1 aromatic carbocycles. The number of anilines is 2. The molecule has 1 aliphatic rings. The predicted molar refractivity (Wildman–Crippen MR) is 139 cm³/mol. The van der Waals surface area contributed by atoms with Crippen molar-refractivity contribution in [3.63, 3.8) is 0 Å². The highest BCUT2D eigenvalue weighted by Gasteiger charge is 2.28. The number of aliphatic hydroxyl groups excluding tert-OH is 1. The Morgan fingerprint density at radius 3 is 2.73 bits per heavy atom. The summed E-state index contributed by atoms with van der Waals surface area (Å²) in [6.07, 6.45) is 5.37. The second-order valence-electron chi connectivity index (χ2n) is 8.84. The number of pyridine rings is 1. The van der Waals surface area contributed by atoms with Crippen LogP contribution in [0.5, 0.6) is 0 Å². The van der Waals surface area contributed by atoms with E-state index in [-0.39, 0.29) is 18.5 Å². The van der Waals surface area contributed by atoms with Crippen molar-refractivity contribution in [2.24, 2.45) is 0 Å². The van der Waals surface area contributed by atoms with Gasteiger partial charge in [0.2, 0.25) is 5.95 Å². The standard InChI is InChI=1S/C27H25FN8O/c28-19-5-1-4-18(16-19)23-8-3-14-35(23)26-10-9-25-31-17-24(36(25)34-26)22-7-2-6-20(32-22)21-11-12-29-27(33-21)30-13-15-37/h1-2,4-7,9-12,16-17,23,37H,3,8,13-15H2,(H,29,30,33)/t23-/m1/s1. The fourth-order valence-electron chi connectivity index (χ4n) is 4.77. The first-order valence-corrected chi connectivity index (χ1v) is 12.2. The van der Waals surface area contributed by atoms with E-state index in [0.29, 0.717) is 35.2 Å². The highest BCUT2D eigenvalue weighted by atomic mass is 19.1. The second-order valence-corrected chi connectivity index (χ2v) is 8.84. The molecule has 0 aliphatic carbocycles. The fourth-order valence-corrected chi connectivity index (χ4v) is 4.77. The maximum atomic E-state index is 13.9. The smallest absolute Gasteiger partial charge is 0.223 e. The van der Waals surface area contributed by atoms with Crippen LogP contribution in [0.25, 0.3) is 28.4 Å². The van der Waals surface area contributed by atoms with Gasteiger partial charge in [-0.2, -0.15) is 0 Å². The summed E-state index contributed by atoms with van der Waals surface area (Å²) >= 11 is 0. The maximum absolute atomic E-state index is 13.9. The van der Waals surface area contributed by atoms with Crippen molar-refractivity contribution in [3.8, 4) is 22.8 Å². The van der Waals surface area contributed by atoms with Crippen LogP contribution in [-0.4, -0.2) is 54.4 Å². The molecule has 1 aliphatic heterocycles. The lowest BCUT2D eigenvalue weighted by molar-refractivity contribution is 0.311. The van der Waals surface area contributed by atoms with E-state index in [4.69, 9.17) is 15.2 Å². The molecular formula is C27H25FN8O. The number of rotatable bonds is 7. The lowest BCUT2D eigenvalue weighted by Gasteiger charge is -2.26. The van der Waals surface area contributed by atoms with Crippen LogP contribution in [0.1, 0.15) is 24.4 Å². The molecule has 10 heteroatoms. The molecule has 186 valence electrons. The lowest BCUT2D eigenvalue weighted by atomic mass is 10.0. The molecule has 5 heterocycles. The van der Waals surface area contributed by atoms with Crippen molar-refractivity contribution >= 4 is 17.4 Å². The molecule has 0 unspecified atom stereocenters. The Labute approximate surface area is 212 Å². The van der Waals surface area contributed by atoms with Crippen molar-refractivity contribution in [3.05, 3.63) is 84.4 Å². The topological polar surface area (TPSA) is 104 Å². The van der Waals surface area contributed by atoms with Gasteiger partial charge in [-0.1, -0.05) is 18.2 Å². The molecule has 1 fully saturated rings. The summed E-state index contributed by atoms with van der Waals surface area (Å²) in [5.41, 5.74) is 4.48. The van der Waals surface area contributed by atoms with E-state index < -0.39 is 0 Å². The largest absolute Gasteiger partial charge is 0.395 e. The van der Waals surface area contributed by atoms with Gasteiger partial charge in [0.25, 0.3) is 0 Å². The quantitative estimate of drug-likeness (QED) is 0.347. The average molecular weight is 497 g/mol. The van der Waals surface area contributed by atoms with Gasteiger partial charge in [-0.25, -0.2) is 28.8 Å². The van der Waals surface area contributed by atoms with E-state index in [1.165, 1.54) is 6.07 Å². The van der Waals surface area contributed by atoms with Gasteiger partial charge in [-0.15, -0.1) is 5.10 Å². The number of halogens is 1. The Bertz CT molecular complexity index is 1550. The monoisotopic (exact) mass is 496 g/mol. The van der Waals surface area contributed by atoms with Crippen LogP contribution >= 0.6 is 0 Å². The Hall–Kier alpha value is -4.44. The van der Waals surface area contributed by atoms with Gasteiger partial charge < -0.3 is 15.3 Å². The SMILES string of the molecule is OCCNc1nccc(-c2cccc(-c3cnc4ccc(N5CCC[C@@H]5c5cccc(F)c5)nn34)n2)n1. The third-order valence-corrected chi connectivity index (χ3v) is 6.45. The zero-order chi connectivity index (χ0) is 25.2. The number of aromatic nitrogens is 6. The zero-order valence-corrected chi connectivity index (χ0v) is 20.0. The van der Waals surface area contributed by atoms with Crippen LogP contribution in [0.4, 0.5) is 16.2 Å². The minimum atomic E-state index is -0.226. The van der Waals surface area contributed by atoms with Crippen molar-refractivity contribution in [1.82, 2.24) is 29.5 Å². The maximum Gasteiger partial charge on any atom is 0.223 e. The molecule has 1 atom stereocenters. The summed E-state index contributed by atoms with van der Waals surface area (Å²) in [6, 6.07) is 18.3. The Morgan fingerprint density at radius 2 is 1.84 bits per heavy atom. The van der Waals surface area contributed by atoms with Crippen LogP contribution in [0.3, 0.4) is 0 Å². The number of imidazole rings is 1. The Balaban J connectivity index is 1.34. The molecule has 6 rings (SSSR count). The molecule has 9 nitrogen and oxygen atoms in total. The molecule has 0 radical (unpaired) electrons. The molecule has 0 saturated carbocycles. The minimum absolute atomic E-state index is 0.00892. The molecule has 37 heavy (non-hydrogen) atoms. The van der Waals surface area contributed by atoms with Gasteiger partial charge in [0.05, 0.1) is 35.9 Å². The van der Waals surface area contributed by atoms with Gasteiger partial charge in [0.15, 0.2) is 5.65 Å². The van der Waals surface area contributed by atoms with Crippen molar-refractivity contribution in [2.45, 2.75) is 18.9 Å². The predicted octanol–water partition coefficient (Wildman–Crippen LogP) is 4.13. The van der Waals surface area contributed by atoms with E-state index in [1.54, 1.807) is 35.1 Å². The van der Waals surface area contributed by atoms with E-state index in [1.807, 2.05) is 36.4 Å². The first-order valence-electron chi connectivity index (χ1n) is 12.2. The third-order valence-electron chi connectivity index (χ3n) is 6.45. The van der Waals surface area contributed by atoms with Crippen LogP contribution in [0, 0.1) is 5.82 Å². The first-order chi connectivity index (χ1) is 18.2. The van der Waals surface area contributed by atoms with Gasteiger partial charge in [-0.3, -0.25) is 0 Å². The molecular weight excluding hydrogens is 471 g/mol. The number of hydrogen-bond donors (Lipinski definition) is 2. The summed E-state index contributed by atoms with van der Waals surface area (Å²) in [5, 5.41) is 17.0. The van der Waals surface area contributed by atoms with E-state index in [9.17, 15) is 4.39 Å². The minimum Gasteiger partial charge on any atom is -0.395 e. The molecule has 0 amide bonds. The third kappa shape index (κ3) is 4.58. The lowest BCUT2D eigenvalue weighted by Crippen LogP contribution is -2.24. The normalized spacial score (nSPS) is 15.4. The Kier molecular flexibility index (Phi) is 6.15. The van der Waals surface area contributed by atoms with E-state index >= 15 is 0 Å². The van der Waals surface area contributed by atoms with Gasteiger partial charge >= 0.3 is 0 Å². The number of nitrogens with one attached hydrogen (secondary N) is 1. The highest BCUT2D eigenvalue weighted by Crippen LogP contribution is 2.35. The summed E-state index contributed by atoms with van der Waals surface area (Å²) in [4.78, 5) is 20.3. The van der Waals surface area contributed by atoms with Gasteiger partial charge in [0.1, 0.15) is 17.3 Å². The van der Waals surface area contributed by atoms with Crippen LogP contribution in [-0.2, 0) is 0 Å². The van der Waals surface area contributed by atoms with Gasteiger partial charge in [-0.05, 0) is 60.9 Å². The van der Waals surface area contributed by atoms with E-state index in [0.717, 1.165) is 36.5 Å². The number of hydrogen-bond acceptors (Lipinski definition) is 8. The second kappa shape index (κ2) is 9.90. The summed E-state index contributed by atoms with van der Waals surface area (Å²) < 4.78 is 15.7. The number of nitrogens with zero attached hydrogens (tertiary/aromatic N) is 7. The van der Waals surface area contributed by atoms with Crippen molar-refractivity contribution in [1.29, 1.82) is 0 Å². The molecule has 5 aromatic rings. The zero-order valence-electron chi connectivity index (χ0n) is 20.0. The molecule has 0 spiro atoms. The molecule has 1 saturated heterocycles. The highest BCUT2D eigenvalue weighted by molar-refractivity contribution is 5.65. The summed E-state index contributed by atoms with van der Waals surface area (Å²) in [7, 11) is 0. The van der Waals surface area contributed by atoms with Crippen LogP contribution < -0.4 is 10.2 Å². The van der Waals surface area contributed by atoms with Crippen LogP contribution in [0.15, 0.2) is 73.1 Å². The number of fused-ring (bicyclic) bond motifs is 1. The summed E-state index contributed by atoms with van der Waals surface area (Å²) in [5.74, 6) is 1.01. The van der Waals surface area contributed by atoms with E-state index in [2.05, 4.69) is 25.2 Å².